The predicted molar refractivity (Wildman–Crippen MR) is 80.5 cm³/mol. The number of hydrogen-bond donors (Lipinski definition) is 2. The number of nitrogens with zero attached hydrogens (tertiary/aromatic N) is 1. The van der Waals surface area contributed by atoms with Crippen molar-refractivity contribution >= 4 is 22.0 Å². The van der Waals surface area contributed by atoms with E-state index in [-0.39, 0.29) is 18.6 Å². The molecule has 0 aromatic heterocycles. The molecule has 5 nitrogen and oxygen atoms in total. The first-order valence-corrected chi connectivity index (χ1v) is 9.55. The van der Waals surface area contributed by atoms with Gasteiger partial charge in [0.1, 0.15) is 0 Å². The van der Waals surface area contributed by atoms with Crippen LogP contribution >= 0.6 is 11.8 Å². The average Bonchev–Trinajstić information content (AvgIpc) is 2.38. The second-order valence-corrected chi connectivity index (χ2v) is 8.15. The highest BCUT2D eigenvalue weighted by atomic mass is 32.2. The summed E-state index contributed by atoms with van der Waals surface area (Å²) in [5.74, 6) is 2.11. The van der Waals surface area contributed by atoms with Crippen molar-refractivity contribution < 1.29 is 13.5 Å². The van der Waals surface area contributed by atoms with Crippen molar-refractivity contribution in [3.63, 3.8) is 0 Å². The predicted octanol–water partition coefficient (Wildman–Crippen LogP) is 1.06. The van der Waals surface area contributed by atoms with Gasteiger partial charge in [0.2, 0.25) is 0 Å². The second kappa shape index (κ2) is 8.46. The third-order valence-electron chi connectivity index (χ3n) is 3.33. The fourth-order valence-corrected chi connectivity index (χ4v) is 4.55. The standard InChI is InChI=1S/C12H26N2O3S2/c1-3-18-8-6-11(2)13-19(16,17)14-7-4-5-12(9-14)10-15/h11-13,15H,3-10H2,1-2H3. The quantitative estimate of drug-likeness (QED) is 0.658. The maximum Gasteiger partial charge on any atom is 0.279 e. The molecule has 2 N–H and O–H groups in total. The number of nitrogens with one attached hydrogen (secondary N) is 1. The van der Waals surface area contributed by atoms with Crippen LogP contribution in [0.25, 0.3) is 0 Å². The van der Waals surface area contributed by atoms with E-state index < -0.39 is 10.2 Å². The summed E-state index contributed by atoms with van der Waals surface area (Å²) in [4.78, 5) is 0. The number of hydrogen-bond acceptors (Lipinski definition) is 4. The van der Waals surface area contributed by atoms with E-state index in [0.717, 1.165) is 30.8 Å². The number of piperidine rings is 1. The molecule has 7 heteroatoms. The molecule has 0 aromatic carbocycles. The van der Waals surface area contributed by atoms with E-state index in [2.05, 4.69) is 11.6 Å². The lowest BCUT2D eigenvalue weighted by Gasteiger charge is -2.31. The van der Waals surface area contributed by atoms with Crippen LogP contribution in [0.3, 0.4) is 0 Å². The minimum atomic E-state index is -3.40. The summed E-state index contributed by atoms with van der Waals surface area (Å²) < 4.78 is 28.6. The molecule has 19 heavy (non-hydrogen) atoms. The van der Waals surface area contributed by atoms with E-state index in [9.17, 15) is 8.42 Å². The molecule has 0 saturated carbocycles. The van der Waals surface area contributed by atoms with Crippen molar-refractivity contribution in [2.45, 2.75) is 39.2 Å². The molecule has 1 aliphatic heterocycles. The molecule has 1 rings (SSSR count). The van der Waals surface area contributed by atoms with Crippen LogP contribution in [0.5, 0.6) is 0 Å². The van der Waals surface area contributed by atoms with Gasteiger partial charge in [-0.05, 0) is 43.6 Å². The Morgan fingerprint density at radius 2 is 2.26 bits per heavy atom. The van der Waals surface area contributed by atoms with Gasteiger partial charge in [-0.2, -0.15) is 29.2 Å². The molecule has 1 saturated heterocycles. The molecule has 0 aliphatic carbocycles. The third kappa shape index (κ3) is 5.99. The molecule has 0 bridgehead atoms. The fourth-order valence-electron chi connectivity index (χ4n) is 2.19. The van der Waals surface area contributed by atoms with Crippen LogP contribution < -0.4 is 4.72 Å². The molecule has 0 spiro atoms. The summed E-state index contributed by atoms with van der Waals surface area (Å²) in [6.45, 7) is 5.06. The van der Waals surface area contributed by atoms with Gasteiger partial charge in [0, 0.05) is 25.7 Å². The van der Waals surface area contributed by atoms with Crippen molar-refractivity contribution in [1.82, 2.24) is 9.03 Å². The first kappa shape index (κ1) is 17.2. The van der Waals surface area contributed by atoms with Gasteiger partial charge in [0.05, 0.1) is 0 Å². The smallest absolute Gasteiger partial charge is 0.279 e. The number of rotatable bonds is 8. The van der Waals surface area contributed by atoms with Gasteiger partial charge in [0.15, 0.2) is 0 Å². The molecular formula is C12H26N2O3S2. The molecule has 1 fully saturated rings. The topological polar surface area (TPSA) is 69.6 Å². The summed E-state index contributed by atoms with van der Waals surface area (Å²) >= 11 is 1.82. The molecular weight excluding hydrogens is 284 g/mol. The monoisotopic (exact) mass is 310 g/mol. The fraction of sp³-hybridized carbons (Fsp3) is 1.00. The zero-order chi connectivity index (χ0) is 14.3. The van der Waals surface area contributed by atoms with Gasteiger partial charge in [-0.1, -0.05) is 6.92 Å². The summed E-state index contributed by atoms with van der Waals surface area (Å²) in [5, 5.41) is 9.16. The Morgan fingerprint density at radius 3 is 2.89 bits per heavy atom. The Balaban J connectivity index is 2.45. The minimum Gasteiger partial charge on any atom is -0.396 e. The Bertz CT molecular complexity index is 349. The molecule has 0 radical (unpaired) electrons. The summed E-state index contributed by atoms with van der Waals surface area (Å²) in [6.07, 6.45) is 2.58. The lowest BCUT2D eigenvalue weighted by molar-refractivity contribution is 0.164. The third-order valence-corrected chi connectivity index (χ3v) is 5.97. The molecule has 1 aliphatic rings. The zero-order valence-corrected chi connectivity index (χ0v) is 13.5. The molecule has 114 valence electrons. The first-order chi connectivity index (χ1) is 8.99. The Hall–Kier alpha value is 0.180. The van der Waals surface area contributed by atoms with E-state index in [1.165, 1.54) is 4.31 Å². The summed E-state index contributed by atoms with van der Waals surface area (Å²) in [7, 11) is -3.40. The second-order valence-electron chi connectivity index (χ2n) is 5.06. The van der Waals surface area contributed by atoms with Crippen molar-refractivity contribution in [2.24, 2.45) is 5.92 Å². The Kier molecular flexibility index (Phi) is 7.68. The van der Waals surface area contributed by atoms with Gasteiger partial charge < -0.3 is 5.11 Å². The maximum atomic E-state index is 12.2. The Morgan fingerprint density at radius 1 is 1.53 bits per heavy atom. The largest absolute Gasteiger partial charge is 0.396 e. The average molecular weight is 310 g/mol. The molecule has 1 heterocycles. The van der Waals surface area contributed by atoms with Crippen molar-refractivity contribution in [3.05, 3.63) is 0 Å². The van der Waals surface area contributed by atoms with Crippen molar-refractivity contribution in [3.8, 4) is 0 Å². The van der Waals surface area contributed by atoms with Crippen molar-refractivity contribution in [1.29, 1.82) is 0 Å². The van der Waals surface area contributed by atoms with E-state index in [0.29, 0.717) is 13.1 Å². The zero-order valence-electron chi connectivity index (χ0n) is 11.8. The van der Waals surface area contributed by atoms with Crippen LogP contribution in [0.4, 0.5) is 0 Å². The van der Waals surface area contributed by atoms with E-state index in [1.807, 2.05) is 18.7 Å². The van der Waals surface area contributed by atoms with E-state index in [4.69, 9.17) is 5.11 Å². The van der Waals surface area contributed by atoms with Gasteiger partial charge in [-0.3, -0.25) is 0 Å². The lowest BCUT2D eigenvalue weighted by Crippen LogP contribution is -2.49. The normalized spacial score (nSPS) is 23.4. The van der Waals surface area contributed by atoms with Crippen LogP contribution in [-0.2, 0) is 10.2 Å². The maximum absolute atomic E-state index is 12.2. The number of thioether (sulfide) groups is 1. The van der Waals surface area contributed by atoms with Gasteiger partial charge >= 0.3 is 0 Å². The van der Waals surface area contributed by atoms with Crippen LogP contribution in [0.1, 0.15) is 33.1 Å². The molecule has 2 unspecified atom stereocenters. The van der Waals surface area contributed by atoms with Gasteiger partial charge in [0.25, 0.3) is 10.2 Å². The SMILES string of the molecule is CCSCCC(C)NS(=O)(=O)N1CCCC(CO)C1. The van der Waals surface area contributed by atoms with Crippen LogP contribution in [0.15, 0.2) is 0 Å². The highest BCUT2D eigenvalue weighted by Gasteiger charge is 2.29. The Labute approximate surface area is 121 Å². The van der Waals surface area contributed by atoms with Crippen molar-refractivity contribution in [2.75, 3.05) is 31.2 Å². The number of aliphatic hydroxyl groups excluding tert-OH is 1. The van der Waals surface area contributed by atoms with Gasteiger partial charge in [-0.15, -0.1) is 0 Å². The van der Waals surface area contributed by atoms with E-state index in [1.54, 1.807) is 0 Å². The van der Waals surface area contributed by atoms with Crippen LogP contribution in [-0.4, -0.2) is 55.1 Å². The number of aliphatic hydroxyl groups is 1. The summed E-state index contributed by atoms with van der Waals surface area (Å²) in [6, 6.07) is -0.0430. The molecule has 2 atom stereocenters. The molecule has 0 aromatic rings. The first-order valence-electron chi connectivity index (χ1n) is 6.95. The van der Waals surface area contributed by atoms with Crippen LogP contribution in [0, 0.1) is 5.92 Å². The van der Waals surface area contributed by atoms with Crippen LogP contribution in [0.2, 0.25) is 0 Å². The molecule has 0 amide bonds. The summed E-state index contributed by atoms with van der Waals surface area (Å²) in [5.41, 5.74) is 0. The highest BCUT2D eigenvalue weighted by Crippen LogP contribution is 2.18. The highest BCUT2D eigenvalue weighted by molar-refractivity contribution is 7.99. The van der Waals surface area contributed by atoms with Gasteiger partial charge in [-0.25, -0.2) is 0 Å². The lowest BCUT2D eigenvalue weighted by atomic mass is 10.0. The minimum absolute atomic E-state index is 0.0430. The van der Waals surface area contributed by atoms with E-state index >= 15 is 0 Å².